The van der Waals surface area contributed by atoms with Crippen LogP contribution in [0.15, 0.2) is 47.6 Å². The fourth-order valence-corrected chi connectivity index (χ4v) is 2.39. The Hall–Kier alpha value is -2.00. The topological polar surface area (TPSA) is 41.8 Å². The minimum absolute atomic E-state index is 0.198. The number of nitrogens with zero attached hydrogens (tertiary/aromatic N) is 1. The molecule has 20 heavy (non-hydrogen) atoms. The largest absolute Gasteiger partial charge is 0.487 e. The number of aryl methyl sites for hydroxylation is 2. The van der Waals surface area contributed by atoms with Crippen LogP contribution >= 0.6 is 11.6 Å². The fraction of sp³-hybridized carbons (Fsp3) is 0.188. The third kappa shape index (κ3) is 3.31. The summed E-state index contributed by atoms with van der Waals surface area (Å²) in [7, 11) is 0. The lowest BCUT2D eigenvalue weighted by Gasteiger charge is -2.13. The Morgan fingerprint density at radius 2 is 1.75 bits per heavy atom. The second kappa shape index (κ2) is 6.44. The van der Waals surface area contributed by atoms with Crippen molar-refractivity contribution in [2.75, 3.05) is 6.61 Å². The highest BCUT2D eigenvalue weighted by molar-refractivity contribution is 6.30. The molecule has 0 amide bonds. The molecule has 0 aliphatic carbocycles. The highest BCUT2D eigenvalue weighted by Gasteiger charge is 2.09. The maximum Gasteiger partial charge on any atom is 0.134 e. The zero-order valence-corrected chi connectivity index (χ0v) is 12.2. The number of hydrogen-bond acceptors (Lipinski definition) is 3. The normalized spacial score (nSPS) is 11.4. The van der Waals surface area contributed by atoms with Crippen LogP contribution in [0.4, 0.5) is 0 Å². The van der Waals surface area contributed by atoms with E-state index in [1.54, 1.807) is 0 Å². The Bertz CT molecular complexity index is 601. The number of halogens is 1. The Morgan fingerprint density at radius 3 is 2.30 bits per heavy atom. The van der Waals surface area contributed by atoms with Gasteiger partial charge in [-0.05, 0) is 37.1 Å². The molecular formula is C16H16ClNO2. The van der Waals surface area contributed by atoms with E-state index in [-0.39, 0.29) is 6.61 Å². The van der Waals surface area contributed by atoms with Crippen molar-refractivity contribution in [1.82, 2.24) is 0 Å². The van der Waals surface area contributed by atoms with Crippen LogP contribution in [0.2, 0.25) is 5.02 Å². The summed E-state index contributed by atoms with van der Waals surface area (Å²) < 4.78 is 5.78. The lowest BCUT2D eigenvalue weighted by Crippen LogP contribution is -2.14. The van der Waals surface area contributed by atoms with E-state index in [1.165, 1.54) is 0 Å². The maximum atomic E-state index is 9.13. The van der Waals surface area contributed by atoms with Crippen molar-refractivity contribution in [3.8, 4) is 5.75 Å². The summed E-state index contributed by atoms with van der Waals surface area (Å²) in [6.07, 6.45) is 0. The van der Waals surface area contributed by atoms with Crippen LogP contribution in [0.1, 0.15) is 16.7 Å². The Labute approximate surface area is 123 Å². The summed E-state index contributed by atoms with van der Waals surface area (Å²) in [6, 6.07) is 13.1. The zero-order valence-electron chi connectivity index (χ0n) is 11.4. The van der Waals surface area contributed by atoms with E-state index in [9.17, 15) is 0 Å². The van der Waals surface area contributed by atoms with Crippen molar-refractivity contribution in [2.24, 2.45) is 5.16 Å². The van der Waals surface area contributed by atoms with Crippen LogP contribution in [-0.4, -0.2) is 17.5 Å². The third-order valence-corrected chi connectivity index (χ3v) is 3.22. The van der Waals surface area contributed by atoms with Crippen molar-refractivity contribution in [3.63, 3.8) is 0 Å². The molecule has 1 N–H and O–H groups in total. The van der Waals surface area contributed by atoms with Crippen molar-refractivity contribution in [1.29, 1.82) is 0 Å². The van der Waals surface area contributed by atoms with E-state index in [2.05, 4.69) is 5.16 Å². The van der Waals surface area contributed by atoms with Gasteiger partial charge in [0.2, 0.25) is 0 Å². The number of benzene rings is 2. The lowest BCUT2D eigenvalue weighted by atomic mass is 10.1. The summed E-state index contributed by atoms with van der Waals surface area (Å²) >= 11 is 5.99. The van der Waals surface area contributed by atoms with Gasteiger partial charge in [-0.1, -0.05) is 47.1 Å². The zero-order chi connectivity index (χ0) is 14.5. The first-order chi connectivity index (χ1) is 9.61. The molecule has 2 rings (SSSR count). The van der Waals surface area contributed by atoms with Crippen LogP contribution < -0.4 is 4.74 Å². The van der Waals surface area contributed by atoms with Crippen LogP contribution in [0, 0.1) is 13.8 Å². The second-order valence-electron chi connectivity index (χ2n) is 4.57. The first kappa shape index (κ1) is 14.4. The Morgan fingerprint density at radius 1 is 1.15 bits per heavy atom. The van der Waals surface area contributed by atoms with E-state index in [1.807, 2.05) is 56.3 Å². The van der Waals surface area contributed by atoms with E-state index in [0.29, 0.717) is 10.7 Å². The maximum absolute atomic E-state index is 9.13. The molecule has 0 radical (unpaired) electrons. The molecule has 0 aliphatic heterocycles. The number of rotatable bonds is 4. The molecular weight excluding hydrogens is 274 g/mol. The number of ether oxygens (including phenoxy) is 1. The molecule has 0 spiro atoms. The van der Waals surface area contributed by atoms with E-state index in [0.717, 1.165) is 22.4 Å². The standard InChI is InChI=1S/C16H16ClNO2/c1-11-8-14(17)9-12(2)16(11)20-10-15(18-19)13-6-4-3-5-7-13/h3-9,19H,10H2,1-2H3/b18-15+. The molecule has 2 aromatic carbocycles. The lowest BCUT2D eigenvalue weighted by molar-refractivity contribution is 0.307. The predicted octanol–water partition coefficient (Wildman–Crippen LogP) is 4.21. The molecule has 0 heterocycles. The molecule has 0 saturated heterocycles. The van der Waals surface area contributed by atoms with Gasteiger partial charge in [0, 0.05) is 10.6 Å². The van der Waals surface area contributed by atoms with Crippen molar-refractivity contribution in [3.05, 3.63) is 64.2 Å². The molecule has 0 atom stereocenters. The average Bonchev–Trinajstić information content (AvgIpc) is 2.43. The van der Waals surface area contributed by atoms with Gasteiger partial charge in [0.05, 0.1) is 0 Å². The molecule has 0 bridgehead atoms. The first-order valence-electron chi connectivity index (χ1n) is 6.27. The van der Waals surface area contributed by atoms with Crippen LogP contribution in [0.25, 0.3) is 0 Å². The van der Waals surface area contributed by atoms with Gasteiger partial charge in [-0.2, -0.15) is 0 Å². The minimum Gasteiger partial charge on any atom is -0.487 e. The van der Waals surface area contributed by atoms with Crippen molar-refractivity contribution in [2.45, 2.75) is 13.8 Å². The monoisotopic (exact) mass is 289 g/mol. The third-order valence-electron chi connectivity index (χ3n) is 3.01. The smallest absolute Gasteiger partial charge is 0.134 e. The van der Waals surface area contributed by atoms with Crippen LogP contribution in [0.5, 0.6) is 5.75 Å². The Balaban J connectivity index is 2.16. The van der Waals surface area contributed by atoms with Gasteiger partial charge >= 0.3 is 0 Å². The summed E-state index contributed by atoms with van der Waals surface area (Å²) in [5.41, 5.74) is 3.24. The van der Waals surface area contributed by atoms with Gasteiger partial charge < -0.3 is 9.94 Å². The SMILES string of the molecule is Cc1cc(Cl)cc(C)c1OC/C(=N\O)c1ccccc1. The molecule has 0 aliphatic rings. The van der Waals surface area contributed by atoms with E-state index in [4.69, 9.17) is 21.5 Å². The number of hydrogen-bond donors (Lipinski definition) is 1. The van der Waals surface area contributed by atoms with Crippen molar-refractivity contribution >= 4 is 17.3 Å². The second-order valence-corrected chi connectivity index (χ2v) is 5.01. The summed E-state index contributed by atoms with van der Waals surface area (Å²) in [6.45, 7) is 4.07. The van der Waals surface area contributed by atoms with Gasteiger partial charge in [0.1, 0.15) is 18.1 Å². The van der Waals surface area contributed by atoms with Gasteiger partial charge in [0.15, 0.2) is 0 Å². The molecule has 104 valence electrons. The fourth-order valence-electron chi connectivity index (χ4n) is 2.07. The highest BCUT2D eigenvalue weighted by Crippen LogP contribution is 2.27. The summed E-state index contributed by atoms with van der Waals surface area (Å²) in [5, 5.41) is 13.1. The molecule has 4 heteroatoms. The van der Waals surface area contributed by atoms with E-state index >= 15 is 0 Å². The van der Waals surface area contributed by atoms with Gasteiger partial charge in [-0.3, -0.25) is 0 Å². The van der Waals surface area contributed by atoms with Crippen LogP contribution in [-0.2, 0) is 0 Å². The molecule has 0 unspecified atom stereocenters. The minimum atomic E-state index is 0.198. The summed E-state index contributed by atoms with van der Waals surface area (Å²) in [5.74, 6) is 0.770. The molecule has 0 fully saturated rings. The first-order valence-corrected chi connectivity index (χ1v) is 6.65. The molecule has 0 saturated carbocycles. The average molecular weight is 290 g/mol. The van der Waals surface area contributed by atoms with Gasteiger partial charge in [-0.15, -0.1) is 0 Å². The molecule has 0 aromatic heterocycles. The number of oxime groups is 1. The van der Waals surface area contributed by atoms with Gasteiger partial charge in [-0.25, -0.2) is 0 Å². The predicted molar refractivity (Wildman–Crippen MR) is 81.2 cm³/mol. The summed E-state index contributed by atoms with van der Waals surface area (Å²) in [4.78, 5) is 0. The van der Waals surface area contributed by atoms with Gasteiger partial charge in [0.25, 0.3) is 0 Å². The van der Waals surface area contributed by atoms with Crippen molar-refractivity contribution < 1.29 is 9.94 Å². The molecule has 2 aromatic rings. The highest BCUT2D eigenvalue weighted by atomic mass is 35.5. The quantitative estimate of drug-likeness (QED) is 0.520. The Kier molecular flexibility index (Phi) is 4.64. The van der Waals surface area contributed by atoms with Crippen LogP contribution in [0.3, 0.4) is 0 Å². The molecule has 3 nitrogen and oxygen atoms in total. The van der Waals surface area contributed by atoms with E-state index < -0.39 is 0 Å².